The van der Waals surface area contributed by atoms with Gasteiger partial charge in [0.2, 0.25) is 11.7 Å². The summed E-state index contributed by atoms with van der Waals surface area (Å²) in [5, 5.41) is 4.08. The van der Waals surface area contributed by atoms with E-state index in [9.17, 15) is 9.18 Å². The molecule has 5 rings (SSSR count). The van der Waals surface area contributed by atoms with Crippen molar-refractivity contribution in [2.24, 2.45) is 0 Å². The Hall–Kier alpha value is -3.83. The topological polar surface area (TPSA) is 92.4 Å². The molecule has 1 aliphatic heterocycles. The number of imidazole rings is 1. The molecule has 2 aromatic carbocycles. The molecule has 11 heteroatoms. The summed E-state index contributed by atoms with van der Waals surface area (Å²) >= 11 is 5.35. The molecule has 0 atom stereocenters. The Morgan fingerprint density at radius 3 is 2.51 bits per heavy atom. The summed E-state index contributed by atoms with van der Waals surface area (Å²) in [6.45, 7) is 2.90. The standard InChI is InChI=1S/C24H23FN6O3S/c1-33-19-8-2-16(3-9-19)22-27-21(34-28-22)15-29-10-12-30(13-11-29)23(32)20-14-26-24(35)31(20)18-6-4-17(25)5-7-18/h2-9,14H,10-13,15H2,1H3,(H,26,35). The summed E-state index contributed by atoms with van der Waals surface area (Å²) in [7, 11) is 1.62. The van der Waals surface area contributed by atoms with Crippen LogP contribution in [-0.2, 0) is 6.54 Å². The molecule has 3 heterocycles. The van der Waals surface area contributed by atoms with Gasteiger partial charge in [0, 0.05) is 43.6 Å². The third-order valence-corrected chi connectivity index (χ3v) is 6.22. The summed E-state index contributed by atoms with van der Waals surface area (Å²) in [6.07, 6.45) is 1.60. The number of piperazine rings is 1. The Kier molecular flexibility index (Phi) is 6.43. The number of hydrogen-bond donors (Lipinski definition) is 1. The number of nitrogens with zero attached hydrogens (tertiary/aromatic N) is 5. The molecule has 0 aliphatic carbocycles. The number of hydrogen-bond acceptors (Lipinski definition) is 7. The molecule has 9 nitrogen and oxygen atoms in total. The van der Waals surface area contributed by atoms with Crippen molar-refractivity contribution in [2.45, 2.75) is 6.54 Å². The van der Waals surface area contributed by atoms with Crippen molar-refractivity contribution < 1.29 is 18.4 Å². The molecule has 2 aromatic heterocycles. The highest BCUT2D eigenvalue weighted by Crippen LogP contribution is 2.21. The first-order valence-electron chi connectivity index (χ1n) is 11.1. The zero-order valence-corrected chi connectivity index (χ0v) is 19.8. The number of aromatic amines is 1. The first kappa shape index (κ1) is 22.9. The highest BCUT2D eigenvalue weighted by molar-refractivity contribution is 7.71. The van der Waals surface area contributed by atoms with Crippen LogP contribution in [0.1, 0.15) is 16.4 Å². The van der Waals surface area contributed by atoms with Gasteiger partial charge in [0.15, 0.2) is 4.77 Å². The minimum Gasteiger partial charge on any atom is -0.497 e. The lowest BCUT2D eigenvalue weighted by molar-refractivity contribution is 0.0607. The van der Waals surface area contributed by atoms with E-state index in [0.717, 1.165) is 11.3 Å². The van der Waals surface area contributed by atoms with Gasteiger partial charge >= 0.3 is 0 Å². The van der Waals surface area contributed by atoms with Gasteiger partial charge in [0.05, 0.1) is 13.7 Å². The number of ether oxygens (including phenoxy) is 1. The van der Waals surface area contributed by atoms with E-state index >= 15 is 0 Å². The summed E-state index contributed by atoms with van der Waals surface area (Å²) < 4.78 is 26.0. The van der Waals surface area contributed by atoms with Gasteiger partial charge in [-0.15, -0.1) is 0 Å². The Balaban J connectivity index is 1.21. The number of carbonyl (C=O) groups is 1. The van der Waals surface area contributed by atoms with Gasteiger partial charge in [-0.3, -0.25) is 14.3 Å². The van der Waals surface area contributed by atoms with Crippen molar-refractivity contribution in [3.05, 3.63) is 76.9 Å². The van der Waals surface area contributed by atoms with Gasteiger partial charge in [0.1, 0.15) is 17.3 Å². The minimum absolute atomic E-state index is 0.138. The van der Waals surface area contributed by atoms with Crippen LogP contribution in [0.2, 0.25) is 0 Å². The Morgan fingerprint density at radius 1 is 1.11 bits per heavy atom. The molecule has 0 radical (unpaired) electrons. The smallest absolute Gasteiger partial charge is 0.272 e. The number of nitrogens with one attached hydrogen (secondary N) is 1. The van der Waals surface area contributed by atoms with E-state index in [4.69, 9.17) is 21.5 Å². The maximum absolute atomic E-state index is 13.3. The van der Waals surface area contributed by atoms with Crippen LogP contribution in [0.4, 0.5) is 4.39 Å². The van der Waals surface area contributed by atoms with E-state index in [2.05, 4.69) is 20.0 Å². The normalized spacial score (nSPS) is 14.3. The predicted molar refractivity (Wildman–Crippen MR) is 128 cm³/mol. The highest BCUT2D eigenvalue weighted by atomic mass is 32.1. The molecule has 1 amide bonds. The van der Waals surface area contributed by atoms with Crippen LogP contribution in [0.5, 0.6) is 5.75 Å². The molecule has 0 unspecified atom stereocenters. The second-order valence-corrected chi connectivity index (χ2v) is 8.49. The minimum atomic E-state index is -0.350. The molecular formula is C24H23FN6O3S. The molecule has 1 aliphatic rings. The molecule has 35 heavy (non-hydrogen) atoms. The predicted octanol–water partition coefficient (Wildman–Crippen LogP) is 3.69. The number of aromatic nitrogens is 4. The van der Waals surface area contributed by atoms with Crippen LogP contribution >= 0.6 is 12.2 Å². The van der Waals surface area contributed by atoms with Crippen molar-refractivity contribution in [3.8, 4) is 22.8 Å². The van der Waals surface area contributed by atoms with Gasteiger partial charge in [0.25, 0.3) is 5.91 Å². The van der Waals surface area contributed by atoms with E-state index in [0.29, 0.717) is 60.6 Å². The monoisotopic (exact) mass is 494 g/mol. The van der Waals surface area contributed by atoms with Gasteiger partial charge in [-0.25, -0.2) is 4.39 Å². The van der Waals surface area contributed by atoms with Gasteiger partial charge in [-0.05, 0) is 60.7 Å². The first-order chi connectivity index (χ1) is 17.0. The molecule has 0 bridgehead atoms. The quantitative estimate of drug-likeness (QED) is 0.409. The van der Waals surface area contributed by atoms with Crippen LogP contribution in [0.25, 0.3) is 17.1 Å². The maximum Gasteiger partial charge on any atom is 0.272 e. The van der Waals surface area contributed by atoms with E-state index in [1.165, 1.54) is 12.1 Å². The van der Waals surface area contributed by atoms with Crippen LogP contribution in [0, 0.1) is 10.6 Å². The van der Waals surface area contributed by atoms with Gasteiger partial charge in [-0.2, -0.15) is 4.98 Å². The number of halogens is 1. The summed E-state index contributed by atoms with van der Waals surface area (Å²) in [4.78, 5) is 24.6. The third-order valence-electron chi connectivity index (χ3n) is 5.91. The lowest BCUT2D eigenvalue weighted by Crippen LogP contribution is -2.48. The highest BCUT2D eigenvalue weighted by Gasteiger charge is 2.26. The van der Waals surface area contributed by atoms with E-state index in [1.807, 2.05) is 24.3 Å². The van der Waals surface area contributed by atoms with E-state index in [1.54, 1.807) is 34.9 Å². The molecule has 1 N–H and O–H groups in total. The lowest BCUT2D eigenvalue weighted by atomic mass is 10.2. The molecule has 4 aromatic rings. The number of carbonyl (C=O) groups excluding carboxylic acids is 1. The van der Waals surface area contributed by atoms with Gasteiger partial charge < -0.3 is 19.1 Å². The Bertz CT molecular complexity index is 1370. The number of H-pyrrole nitrogens is 1. The van der Waals surface area contributed by atoms with E-state index < -0.39 is 0 Å². The lowest BCUT2D eigenvalue weighted by Gasteiger charge is -2.34. The average Bonchev–Trinajstić information content (AvgIpc) is 3.51. The van der Waals surface area contributed by atoms with Crippen molar-refractivity contribution >= 4 is 18.1 Å². The van der Waals surface area contributed by atoms with Crippen molar-refractivity contribution in [1.29, 1.82) is 0 Å². The zero-order valence-electron chi connectivity index (χ0n) is 19.0. The molecule has 0 saturated carbocycles. The third kappa shape index (κ3) is 4.86. The molecule has 0 spiro atoms. The molecule has 1 saturated heterocycles. The number of benzene rings is 2. The van der Waals surface area contributed by atoms with Gasteiger partial charge in [-0.1, -0.05) is 5.16 Å². The second-order valence-electron chi connectivity index (χ2n) is 8.10. The fraction of sp³-hybridized carbons (Fsp3) is 0.250. The van der Waals surface area contributed by atoms with Crippen molar-refractivity contribution in [2.75, 3.05) is 33.3 Å². The van der Waals surface area contributed by atoms with Crippen molar-refractivity contribution in [1.82, 2.24) is 29.5 Å². The average molecular weight is 495 g/mol. The SMILES string of the molecule is COc1ccc(-c2noc(CN3CCN(C(=O)c4c[nH]c(=S)n4-c4ccc(F)cc4)CC3)n2)cc1. The van der Waals surface area contributed by atoms with Crippen LogP contribution in [0.3, 0.4) is 0 Å². The number of methoxy groups -OCH3 is 1. The zero-order chi connectivity index (χ0) is 24.4. The molecule has 1 fully saturated rings. The Labute approximate surface area is 205 Å². The maximum atomic E-state index is 13.3. The molecule has 180 valence electrons. The first-order valence-corrected chi connectivity index (χ1v) is 11.5. The number of amides is 1. The molecular weight excluding hydrogens is 471 g/mol. The van der Waals surface area contributed by atoms with Crippen molar-refractivity contribution in [3.63, 3.8) is 0 Å². The summed E-state index contributed by atoms with van der Waals surface area (Å²) in [5.74, 6) is 1.31. The Morgan fingerprint density at radius 2 is 1.83 bits per heavy atom. The summed E-state index contributed by atoms with van der Waals surface area (Å²) in [6, 6.07) is 13.3. The van der Waals surface area contributed by atoms with Crippen LogP contribution in [0.15, 0.2) is 59.3 Å². The fourth-order valence-corrected chi connectivity index (χ4v) is 4.27. The van der Waals surface area contributed by atoms with Crippen LogP contribution < -0.4 is 4.74 Å². The second kappa shape index (κ2) is 9.80. The van der Waals surface area contributed by atoms with E-state index in [-0.39, 0.29) is 11.7 Å². The largest absolute Gasteiger partial charge is 0.497 e. The van der Waals surface area contributed by atoms with Crippen LogP contribution in [-0.4, -0.2) is 68.7 Å². The number of rotatable bonds is 6. The summed E-state index contributed by atoms with van der Waals surface area (Å²) in [5.41, 5.74) is 1.89. The fourth-order valence-electron chi connectivity index (χ4n) is 4.01.